The van der Waals surface area contributed by atoms with Crippen molar-refractivity contribution in [3.05, 3.63) is 30.0 Å². The van der Waals surface area contributed by atoms with Gasteiger partial charge in [-0.3, -0.25) is 0 Å². The predicted molar refractivity (Wildman–Crippen MR) is 67.8 cm³/mol. The number of nitrogen functional groups attached to an aromatic ring is 1. The van der Waals surface area contributed by atoms with Crippen molar-refractivity contribution >= 4 is 17.2 Å². The van der Waals surface area contributed by atoms with Crippen molar-refractivity contribution in [3.63, 3.8) is 0 Å². The van der Waals surface area contributed by atoms with Crippen LogP contribution in [0.15, 0.2) is 28.8 Å². The summed E-state index contributed by atoms with van der Waals surface area (Å²) in [5, 5.41) is 7.84. The van der Waals surface area contributed by atoms with E-state index in [2.05, 4.69) is 19.7 Å². The minimum absolute atomic E-state index is 0.417. The lowest BCUT2D eigenvalue weighted by Gasteiger charge is -1.97. The Morgan fingerprint density at radius 1 is 1.28 bits per heavy atom. The highest BCUT2D eigenvalue weighted by molar-refractivity contribution is 7.09. The fraction of sp³-hybridized carbons (Fsp3) is 0.0909. The van der Waals surface area contributed by atoms with Gasteiger partial charge in [-0.2, -0.15) is 4.98 Å². The van der Waals surface area contributed by atoms with Crippen LogP contribution in [0.1, 0.15) is 5.69 Å². The molecule has 0 saturated carbocycles. The SMILES string of the molecule is Cc1nnsc1-c1nc(-c2ccccc2N)no1. The Morgan fingerprint density at radius 2 is 2.11 bits per heavy atom. The Kier molecular flexibility index (Phi) is 2.52. The maximum Gasteiger partial charge on any atom is 0.271 e. The summed E-state index contributed by atoms with van der Waals surface area (Å²) in [5.41, 5.74) is 8.01. The molecule has 3 aromatic rings. The maximum atomic E-state index is 5.87. The van der Waals surface area contributed by atoms with Crippen LogP contribution in [0.2, 0.25) is 0 Å². The molecule has 0 aliphatic heterocycles. The molecule has 0 aliphatic rings. The quantitative estimate of drug-likeness (QED) is 0.709. The van der Waals surface area contributed by atoms with Gasteiger partial charge in [0.1, 0.15) is 4.88 Å². The summed E-state index contributed by atoms with van der Waals surface area (Å²) < 4.78 is 9.05. The zero-order valence-corrected chi connectivity index (χ0v) is 10.3. The van der Waals surface area contributed by atoms with Crippen molar-refractivity contribution in [2.75, 3.05) is 5.73 Å². The number of hydrogen-bond acceptors (Lipinski definition) is 7. The van der Waals surface area contributed by atoms with E-state index in [1.165, 1.54) is 11.5 Å². The fourth-order valence-corrected chi connectivity index (χ4v) is 2.13. The first-order valence-corrected chi connectivity index (χ1v) is 6.01. The predicted octanol–water partition coefficient (Wildman–Crippen LogP) is 2.15. The Hall–Kier alpha value is -2.28. The average molecular weight is 259 g/mol. The molecule has 0 amide bonds. The molecule has 0 saturated heterocycles. The van der Waals surface area contributed by atoms with E-state index in [0.29, 0.717) is 17.4 Å². The second-order valence-electron chi connectivity index (χ2n) is 3.70. The number of rotatable bonds is 2. The topological polar surface area (TPSA) is 90.7 Å². The lowest BCUT2D eigenvalue weighted by molar-refractivity contribution is 0.433. The van der Waals surface area contributed by atoms with E-state index in [1.54, 1.807) is 6.07 Å². The number of aromatic nitrogens is 4. The van der Waals surface area contributed by atoms with Crippen LogP contribution in [-0.2, 0) is 0 Å². The number of para-hydroxylation sites is 1. The van der Waals surface area contributed by atoms with Crippen LogP contribution in [0.3, 0.4) is 0 Å². The maximum absolute atomic E-state index is 5.87. The standard InChI is InChI=1S/C11H9N5OS/c1-6-9(18-16-14-6)11-13-10(15-17-11)7-4-2-3-5-8(7)12/h2-5H,12H2,1H3. The molecular weight excluding hydrogens is 250 g/mol. The van der Waals surface area contributed by atoms with Crippen LogP contribution in [0.25, 0.3) is 22.2 Å². The van der Waals surface area contributed by atoms with Gasteiger partial charge in [0.05, 0.1) is 5.69 Å². The first-order chi connectivity index (χ1) is 8.75. The molecule has 0 radical (unpaired) electrons. The Bertz CT molecular complexity index is 690. The van der Waals surface area contributed by atoms with Gasteiger partial charge in [0.25, 0.3) is 5.89 Å². The van der Waals surface area contributed by atoms with Gasteiger partial charge in [0, 0.05) is 11.3 Å². The van der Waals surface area contributed by atoms with Gasteiger partial charge in [0.2, 0.25) is 5.82 Å². The van der Waals surface area contributed by atoms with E-state index in [0.717, 1.165) is 16.1 Å². The van der Waals surface area contributed by atoms with Crippen LogP contribution in [0.4, 0.5) is 5.69 Å². The molecule has 2 aromatic heterocycles. The Balaban J connectivity index is 2.05. The molecule has 6 nitrogen and oxygen atoms in total. The van der Waals surface area contributed by atoms with Crippen molar-refractivity contribution in [2.45, 2.75) is 6.92 Å². The molecule has 2 N–H and O–H groups in total. The molecule has 0 aliphatic carbocycles. The molecule has 90 valence electrons. The van der Waals surface area contributed by atoms with Crippen LogP contribution in [0.5, 0.6) is 0 Å². The highest BCUT2D eigenvalue weighted by Crippen LogP contribution is 2.28. The van der Waals surface area contributed by atoms with Gasteiger partial charge < -0.3 is 10.3 Å². The van der Waals surface area contributed by atoms with E-state index in [9.17, 15) is 0 Å². The summed E-state index contributed by atoms with van der Waals surface area (Å²) in [6.07, 6.45) is 0. The van der Waals surface area contributed by atoms with E-state index >= 15 is 0 Å². The summed E-state index contributed by atoms with van der Waals surface area (Å²) in [7, 11) is 0. The Labute approximate surface area is 107 Å². The molecule has 0 bridgehead atoms. The van der Waals surface area contributed by atoms with Crippen molar-refractivity contribution < 1.29 is 4.52 Å². The third kappa shape index (κ3) is 1.74. The lowest BCUT2D eigenvalue weighted by Crippen LogP contribution is -1.90. The zero-order chi connectivity index (χ0) is 12.5. The number of hydrogen-bond donors (Lipinski definition) is 1. The molecule has 3 rings (SSSR count). The van der Waals surface area contributed by atoms with Crippen LogP contribution in [-0.4, -0.2) is 19.7 Å². The molecule has 1 aromatic carbocycles. The number of anilines is 1. The smallest absolute Gasteiger partial charge is 0.271 e. The summed E-state index contributed by atoms with van der Waals surface area (Å²) in [6.45, 7) is 1.85. The van der Waals surface area contributed by atoms with Gasteiger partial charge in [-0.05, 0) is 30.6 Å². The Morgan fingerprint density at radius 3 is 2.83 bits per heavy atom. The number of nitrogens with zero attached hydrogens (tertiary/aromatic N) is 4. The summed E-state index contributed by atoms with van der Waals surface area (Å²) in [4.78, 5) is 5.10. The summed E-state index contributed by atoms with van der Waals surface area (Å²) in [5.74, 6) is 0.886. The van der Waals surface area contributed by atoms with Crippen molar-refractivity contribution in [2.24, 2.45) is 0 Å². The molecule has 0 atom stereocenters. The molecule has 2 heterocycles. The largest absolute Gasteiger partial charge is 0.398 e. The first kappa shape index (κ1) is 10.8. The van der Waals surface area contributed by atoms with Gasteiger partial charge in [-0.1, -0.05) is 21.8 Å². The molecular formula is C11H9N5OS. The van der Waals surface area contributed by atoms with E-state index in [4.69, 9.17) is 10.3 Å². The molecule has 18 heavy (non-hydrogen) atoms. The first-order valence-electron chi connectivity index (χ1n) is 5.23. The summed E-state index contributed by atoms with van der Waals surface area (Å²) in [6, 6.07) is 7.38. The monoisotopic (exact) mass is 259 g/mol. The molecule has 0 unspecified atom stereocenters. The molecule has 7 heteroatoms. The van der Waals surface area contributed by atoms with Gasteiger partial charge >= 0.3 is 0 Å². The minimum atomic E-state index is 0.417. The van der Waals surface area contributed by atoms with Crippen LogP contribution >= 0.6 is 11.5 Å². The fourth-order valence-electron chi connectivity index (χ4n) is 1.55. The molecule has 0 spiro atoms. The van der Waals surface area contributed by atoms with Gasteiger partial charge in [-0.15, -0.1) is 5.10 Å². The van der Waals surface area contributed by atoms with Crippen molar-refractivity contribution in [1.29, 1.82) is 0 Å². The van der Waals surface area contributed by atoms with Gasteiger partial charge in [0.15, 0.2) is 0 Å². The average Bonchev–Trinajstić information content (AvgIpc) is 2.98. The highest BCUT2D eigenvalue weighted by atomic mass is 32.1. The van der Waals surface area contributed by atoms with E-state index < -0.39 is 0 Å². The third-order valence-corrected chi connectivity index (χ3v) is 3.29. The lowest BCUT2D eigenvalue weighted by atomic mass is 10.2. The van der Waals surface area contributed by atoms with Crippen molar-refractivity contribution in [1.82, 2.24) is 19.7 Å². The van der Waals surface area contributed by atoms with E-state index in [1.807, 2.05) is 25.1 Å². The zero-order valence-electron chi connectivity index (χ0n) is 9.49. The normalized spacial score (nSPS) is 10.7. The van der Waals surface area contributed by atoms with Crippen LogP contribution < -0.4 is 5.73 Å². The second kappa shape index (κ2) is 4.19. The minimum Gasteiger partial charge on any atom is -0.398 e. The van der Waals surface area contributed by atoms with Gasteiger partial charge in [-0.25, -0.2) is 0 Å². The van der Waals surface area contributed by atoms with E-state index in [-0.39, 0.29) is 0 Å². The molecule has 0 fully saturated rings. The van der Waals surface area contributed by atoms with Crippen molar-refractivity contribution in [3.8, 4) is 22.2 Å². The number of nitrogens with two attached hydrogens (primary N) is 1. The van der Waals surface area contributed by atoms with Crippen LogP contribution in [0, 0.1) is 6.92 Å². The summed E-state index contributed by atoms with van der Waals surface area (Å²) >= 11 is 1.23. The number of benzene rings is 1. The second-order valence-corrected chi connectivity index (χ2v) is 4.45. The number of aryl methyl sites for hydroxylation is 1. The third-order valence-electron chi connectivity index (χ3n) is 2.47. The highest BCUT2D eigenvalue weighted by Gasteiger charge is 2.16.